The van der Waals surface area contributed by atoms with E-state index in [1.165, 1.54) is 12.1 Å². The molecule has 1 aliphatic rings. The Morgan fingerprint density at radius 2 is 2.19 bits per heavy atom. The van der Waals surface area contributed by atoms with Crippen LogP contribution in [0.25, 0.3) is 0 Å². The summed E-state index contributed by atoms with van der Waals surface area (Å²) in [6.45, 7) is 1.88. The first-order valence-electron chi connectivity index (χ1n) is 7.16. The summed E-state index contributed by atoms with van der Waals surface area (Å²) in [5.41, 5.74) is 6.67. The highest BCUT2D eigenvalue weighted by Crippen LogP contribution is 2.29. The molecule has 2 N–H and O–H groups in total. The lowest BCUT2D eigenvalue weighted by atomic mass is 10.0. The predicted molar refractivity (Wildman–Crippen MR) is 79.6 cm³/mol. The molecule has 3 atom stereocenters. The zero-order valence-electron chi connectivity index (χ0n) is 12.4. The SMILES string of the molecule is CC(c1cccc([N+](=O)[O-])c1)N(C)C(=O)C1CCC(N)C1. The Bertz CT molecular complexity index is 547. The third kappa shape index (κ3) is 3.39. The van der Waals surface area contributed by atoms with Crippen molar-refractivity contribution in [2.24, 2.45) is 11.7 Å². The van der Waals surface area contributed by atoms with Crippen molar-refractivity contribution in [2.75, 3.05) is 7.05 Å². The van der Waals surface area contributed by atoms with E-state index in [9.17, 15) is 14.9 Å². The van der Waals surface area contributed by atoms with Crippen molar-refractivity contribution in [1.29, 1.82) is 0 Å². The van der Waals surface area contributed by atoms with Crippen LogP contribution in [0.2, 0.25) is 0 Å². The first-order valence-corrected chi connectivity index (χ1v) is 7.16. The van der Waals surface area contributed by atoms with Crippen LogP contribution < -0.4 is 5.73 Å². The standard InChI is InChI=1S/C15H21N3O3/c1-10(11-4-3-5-14(9-11)18(20)21)17(2)15(19)12-6-7-13(16)8-12/h3-5,9-10,12-13H,6-8,16H2,1-2H3. The summed E-state index contributed by atoms with van der Waals surface area (Å²) in [5.74, 6) is 0.0492. The fourth-order valence-electron chi connectivity index (χ4n) is 2.84. The summed E-state index contributed by atoms with van der Waals surface area (Å²) in [6.07, 6.45) is 2.44. The number of nitrogens with zero attached hydrogens (tertiary/aromatic N) is 2. The number of rotatable bonds is 4. The van der Waals surface area contributed by atoms with Crippen molar-refractivity contribution in [3.63, 3.8) is 0 Å². The highest BCUT2D eigenvalue weighted by atomic mass is 16.6. The van der Waals surface area contributed by atoms with E-state index in [-0.39, 0.29) is 29.6 Å². The second kappa shape index (κ2) is 6.22. The second-order valence-electron chi connectivity index (χ2n) is 5.75. The minimum atomic E-state index is -0.423. The van der Waals surface area contributed by atoms with Gasteiger partial charge in [-0.2, -0.15) is 0 Å². The molecule has 3 unspecified atom stereocenters. The maximum atomic E-state index is 12.5. The Morgan fingerprint density at radius 1 is 1.48 bits per heavy atom. The summed E-state index contributed by atoms with van der Waals surface area (Å²) < 4.78 is 0. The Balaban J connectivity index is 2.11. The number of nitrogens with two attached hydrogens (primary N) is 1. The topological polar surface area (TPSA) is 89.5 Å². The lowest BCUT2D eigenvalue weighted by molar-refractivity contribution is -0.384. The number of carbonyl (C=O) groups is 1. The largest absolute Gasteiger partial charge is 0.339 e. The van der Waals surface area contributed by atoms with Crippen LogP contribution in [0.4, 0.5) is 5.69 Å². The van der Waals surface area contributed by atoms with Crippen LogP contribution in [0.3, 0.4) is 0 Å². The van der Waals surface area contributed by atoms with Gasteiger partial charge in [0.1, 0.15) is 0 Å². The summed E-state index contributed by atoms with van der Waals surface area (Å²) in [7, 11) is 1.75. The molecule has 0 radical (unpaired) electrons. The van der Waals surface area contributed by atoms with Gasteiger partial charge in [0.05, 0.1) is 11.0 Å². The zero-order chi connectivity index (χ0) is 15.6. The number of hydrogen-bond donors (Lipinski definition) is 1. The molecular weight excluding hydrogens is 270 g/mol. The van der Waals surface area contributed by atoms with Crippen LogP contribution in [0.5, 0.6) is 0 Å². The number of amides is 1. The lowest BCUT2D eigenvalue weighted by Gasteiger charge is -2.28. The molecule has 0 heterocycles. The molecule has 0 aliphatic heterocycles. The van der Waals surface area contributed by atoms with Crippen LogP contribution >= 0.6 is 0 Å². The first-order chi connectivity index (χ1) is 9.90. The highest BCUT2D eigenvalue weighted by Gasteiger charge is 2.31. The molecule has 1 amide bonds. The smallest absolute Gasteiger partial charge is 0.269 e. The Hall–Kier alpha value is -1.95. The van der Waals surface area contributed by atoms with Crippen LogP contribution in [0.1, 0.15) is 37.8 Å². The third-order valence-corrected chi connectivity index (χ3v) is 4.31. The van der Waals surface area contributed by atoms with E-state index < -0.39 is 4.92 Å². The molecule has 1 fully saturated rings. The molecular formula is C15H21N3O3. The summed E-state index contributed by atoms with van der Waals surface area (Å²) in [6, 6.07) is 6.34. The highest BCUT2D eigenvalue weighted by molar-refractivity contribution is 5.79. The number of nitro benzene ring substituents is 1. The van der Waals surface area contributed by atoms with Crippen molar-refractivity contribution in [3.8, 4) is 0 Å². The molecule has 0 aromatic heterocycles. The van der Waals surface area contributed by atoms with E-state index in [1.807, 2.05) is 13.0 Å². The second-order valence-corrected chi connectivity index (χ2v) is 5.75. The third-order valence-electron chi connectivity index (χ3n) is 4.31. The Morgan fingerprint density at radius 3 is 2.76 bits per heavy atom. The van der Waals surface area contributed by atoms with Crippen molar-refractivity contribution in [3.05, 3.63) is 39.9 Å². The quantitative estimate of drug-likeness (QED) is 0.680. The van der Waals surface area contributed by atoms with Gasteiger partial charge >= 0.3 is 0 Å². The van der Waals surface area contributed by atoms with E-state index in [0.717, 1.165) is 24.8 Å². The number of carbonyl (C=O) groups excluding carboxylic acids is 1. The normalized spacial score (nSPS) is 22.8. The van der Waals surface area contributed by atoms with E-state index in [1.54, 1.807) is 18.0 Å². The number of non-ortho nitro benzene ring substituents is 1. The number of benzene rings is 1. The fourth-order valence-corrected chi connectivity index (χ4v) is 2.84. The molecule has 1 aliphatic carbocycles. The average Bonchev–Trinajstić information content (AvgIpc) is 2.91. The lowest BCUT2D eigenvalue weighted by Crippen LogP contribution is -2.34. The average molecular weight is 291 g/mol. The molecule has 2 rings (SSSR count). The van der Waals surface area contributed by atoms with Crippen LogP contribution in [-0.4, -0.2) is 28.8 Å². The van der Waals surface area contributed by atoms with Gasteiger partial charge in [-0.25, -0.2) is 0 Å². The van der Waals surface area contributed by atoms with Crippen molar-refractivity contribution >= 4 is 11.6 Å². The van der Waals surface area contributed by atoms with Gasteiger partial charge in [0.2, 0.25) is 5.91 Å². The summed E-state index contributed by atoms with van der Waals surface area (Å²) >= 11 is 0. The Kier molecular flexibility index (Phi) is 4.57. The molecule has 21 heavy (non-hydrogen) atoms. The van der Waals surface area contributed by atoms with Crippen LogP contribution in [0, 0.1) is 16.0 Å². The molecule has 0 bridgehead atoms. The molecule has 1 aromatic carbocycles. The van der Waals surface area contributed by atoms with E-state index in [2.05, 4.69) is 0 Å². The van der Waals surface area contributed by atoms with Gasteiger partial charge in [0.15, 0.2) is 0 Å². The van der Waals surface area contributed by atoms with Crippen molar-refractivity contribution in [2.45, 2.75) is 38.3 Å². The van der Waals surface area contributed by atoms with Gasteiger partial charge in [-0.1, -0.05) is 12.1 Å². The van der Waals surface area contributed by atoms with E-state index in [0.29, 0.717) is 0 Å². The van der Waals surface area contributed by atoms with Gasteiger partial charge < -0.3 is 10.6 Å². The maximum absolute atomic E-state index is 12.5. The number of nitro groups is 1. The monoisotopic (exact) mass is 291 g/mol. The maximum Gasteiger partial charge on any atom is 0.269 e. The predicted octanol–water partition coefficient (Wildman–Crippen LogP) is 2.24. The Labute approximate surface area is 124 Å². The summed E-state index contributed by atoms with van der Waals surface area (Å²) in [4.78, 5) is 24.5. The van der Waals surface area contributed by atoms with Gasteiger partial charge in [-0.05, 0) is 31.7 Å². The zero-order valence-corrected chi connectivity index (χ0v) is 12.4. The molecule has 1 aromatic rings. The number of hydrogen-bond acceptors (Lipinski definition) is 4. The van der Waals surface area contributed by atoms with Crippen LogP contribution in [0.15, 0.2) is 24.3 Å². The van der Waals surface area contributed by atoms with Gasteiger partial charge in [-0.15, -0.1) is 0 Å². The van der Waals surface area contributed by atoms with Crippen LogP contribution in [-0.2, 0) is 4.79 Å². The fraction of sp³-hybridized carbons (Fsp3) is 0.533. The minimum absolute atomic E-state index is 0.0221. The van der Waals surface area contributed by atoms with Crippen molar-refractivity contribution in [1.82, 2.24) is 4.90 Å². The van der Waals surface area contributed by atoms with Gasteiger partial charge in [0, 0.05) is 31.1 Å². The van der Waals surface area contributed by atoms with Gasteiger partial charge in [-0.3, -0.25) is 14.9 Å². The molecule has 0 spiro atoms. The van der Waals surface area contributed by atoms with E-state index >= 15 is 0 Å². The first kappa shape index (κ1) is 15.4. The van der Waals surface area contributed by atoms with E-state index in [4.69, 9.17) is 5.73 Å². The molecule has 1 saturated carbocycles. The van der Waals surface area contributed by atoms with Gasteiger partial charge in [0.25, 0.3) is 5.69 Å². The minimum Gasteiger partial charge on any atom is -0.339 e. The molecule has 6 heteroatoms. The van der Waals surface area contributed by atoms with Crippen molar-refractivity contribution < 1.29 is 9.72 Å². The molecule has 0 saturated heterocycles. The molecule has 6 nitrogen and oxygen atoms in total. The molecule has 114 valence electrons. The summed E-state index contributed by atoms with van der Waals surface area (Å²) in [5, 5.41) is 10.8.